The number of rotatable bonds is 5. The van der Waals surface area contributed by atoms with Crippen molar-refractivity contribution in [1.29, 1.82) is 0 Å². The molecule has 50 heavy (non-hydrogen) atoms. The lowest BCUT2D eigenvalue weighted by molar-refractivity contribution is 0.669. The van der Waals surface area contributed by atoms with Crippen LogP contribution in [0.5, 0.6) is 0 Å². The Hall–Kier alpha value is -6.64. The van der Waals surface area contributed by atoms with Crippen LogP contribution in [0.15, 0.2) is 192 Å². The van der Waals surface area contributed by atoms with Gasteiger partial charge in [0.2, 0.25) is 0 Å². The SMILES string of the molecule is c1cc(-c2ccc3ccccc3c2)cc(N(c2ccc3ccccc3c2)c2ccccc2-c2cccc3oc4cc5ccccc5cc4c23)c1. The number of benzene rings is 9. The van der Waals surface area contributed by atoms with Crippen LogP contribution >= 0.6 is 0 Å². The van der Waals surface area contributed by atoms with E-state index in [1.807, 2.05) is 0 Å². The zero-order chi connectivity index (χ0) is 33.0. The Balaban J connectivity index is 1.21. The molecule has 0 aliphatic heterocycles. The van der Waals surface area contributed by atoms with Crippen LogP contribution in [0.1, 0.15) is 0 Å². The average Bonchev–Trinajstić information content (AvgIpc) is 3.55. The molecule has 0 amide bonds. The van der Waals surface area contributed by atoms with E-state index >= 15 is 0 Å². The highest BCUT2D eigenvalue weighted by Crippen LogP contribution is 2.46. The van der Waals surface area contributed by atoms with Crippen molar-refractivity contribution >= 4 is 71.3 Å². The predicted octanol–water partition coefficient (Wildman–Crippen LogP) is 13.8. The molecule has 0 saturated carbocycles. The molecule has 0 spiro atoms. The molecule has 0 radical (unpaired) electrons. The monoisotopic (exact) mass is 637 g/mol. The first-order valence-corrected chi connectivity index (χ1v) is 17.1. The van der Waals surface area contributed by atoms with Crippen molar-refractivity contribution in [3.8, 4) is 22.3 Å². The standard InChI is InChI=1S/C48H31NO/c1-3-13-34-27-39(24-23-32(34)11-1)36-17-9-18-40(29-36)49(41-26-25-33-12-2-4-14-35(33)28-41)45-21-8-7-19-42(45)43-20-10-22-46-48(43)44-30-37-15-5-6-16-38(37)31-47(44)50-46/h1-31H. The maximum absolute atomic E-state index is 6.52. The molecule has 0 aliphatic carbocycles. The molecule has 2 nitrogen and oxygen atoms in total. The van der Waals surface area contributed by atoms with E-state index in [-0.39, 0.29) is 0 Å². The van der Waals surface area contributed by atoms with Crippen molar-refractivity contribution in [2.45, 2.75) is 0 Å². The molecular weight excluding hydrogens is 607 g/mol. The number of hydrogen-bond acceptors (Lipinski definition) is 2. The van der Waals surface area contributed by atoms with Gasteiger partial charge in [0.25, 0.3) is 0 Å². The fraction of sp³-hybridized carbons (Fsp3) is 0. The highest BCUT2D eigenvalue weighted by molar-refractivity contribution is 6.16. The minimum atomic E-state index is 0.887. The lowest BCUT2D eigenvalue weighted by atomic mass is 9.95. The van der Waals surface area contributed by atoms with Crippen LogP contribution in [-0.4, -0.2) is 0 Å². The fourth-order valence-corrected chi connectivity index (χ4v) is 7.57. The predicted molar refractivity (Wildman–Crippen MR) is 212 cm³/mol. The Morgan fingerprint density at radius 3 is 1.72 bits per heavy atom. The molecule has 234 valence electrons. The van der Waals surface area contributed by atoms with Crippen molar-refractivity contribution in [1.82, 2.24) is 0 Å². The number of fused-ring (bicyclic) bond motifs is 6. The molecule has 0 atom stereocenters. The Morgan fingerprint density at radius 1 is 0.340 bits per heavy atom. The van der Waals surface area contributed by atoms with Gasteiger partial charge in [-0.2, -0.15) is 0 Å². The molecular formula is C48H31NO. The Morgan fingerprint density at radius 2 is 0.920 bits per heavy atom. The topological polar surface area (TPSA) is 16.4 Å². The van der Waals surface area contributed by atoms with Gasteiger partial charge in [-0.3, -0.25) is 0 Å². The van der Waals surface area contributed by atoms with E-state index in [2.05, 4.69) is 193 Å². The first-order chi connectivity index (χ1) is 24.8. The summed E-state index contributed by atoms with van der Waals surface area (Å²) in [4.78, 5) is 2.41. The molecule has 2 heteroatoms. The van der Waals surface area contributed by atoms with Crippen molar-refractivity contribution in [2.75, 3.05) is 4.90 Å². The van der Waals surface area contributed by atoms with Gasteiger partial charge in [-0.1, -0.05) is 133 Å². The zero-order valence-electron chi connectivity index (χ0n) is 27.3. The second-order valence-electron chi connectivity index (χ2n) is 13.0. The first-order valence-electron chi connectivity index (χ1n) is 17.1. The van der Waals surface area contributed by atoms with Crippen molar-refractivity contribution in [2.24, 2.45) is 0 Å². The van der Waals surface area contributed by atoms with E-state index in [4.69, 9.17) is 4.42 Å². The molecule has 1 aromatic heterocycles. The lowest BCUT2D eigenvalue weighted by Gasteiger charge is -2.29. The normalized spacial score (nSPS) is 11.6. The van der Waals surface area contributed by atoms with Crippen molar-refractivity contribution in [3.05, 3.63) is 188 Å². The van der Waals surface area contributed by atoms with Gasteiger partial charge in [0.05, 0.1) is 5.69 Å². The summed E-state index contributed by atoms with van der Waals surface area (Å²) in [5, 5.41) is 9.53. The van der Waals surface area contributed by atoms with Gasteiger partial charge in [0.15, 0.2) is 0 Å². The summed E-state index contributed by atoms with van der Waals surface area (Å²) in [6.45, 7) is 0. The molecule has 0 fully saturated rings. The third kappa shape index (κ3) is 4.73. The molecule has 0 N–H and O–H groups in total. The highest BCUT2D eigenvalue weighted by atomic mass is 16.3. The van der Waals surface area contributed by atoms with E-state index < -0.39 is 0 Å². The second-order valence-corrected chi connectivity index (χ2v) is 13.0. The van der Waals surface area contributed by atoms with Gasteiger partial charge in [-0.15, -0.1) is 0 Å². The van der Waals surface area contributed by atoms with Crippen LogP contribution in [0, 0.1) is 0 Å². The van der Waals surface area contributed by atoms with Gasteiger partial charge >= 0.3 is 0 Å². The smallest absolute Gasteiger partial charge is 0.136 e. The number of nitrogens with zero attached hydrogens (tertiary/aromatic N) is 1. The molecule has 1 heterocycles. The maximum atomic E-state index is 6.52. The van der Waals surface area contributed by atoms with E-state index in [0.29, 0.717) is 0 Å². The van der Waals surface area contributed by atoms with E-state index in [1.54, 1.807) is 0 Å². The second kappa shape index (κ2) is 11.5. The Kier molecular flexibility index (Phi) is 6.53. The summed E-state index contributed by atoms with van der Waals surface area (Å²) in [6.07, 6.45) is 0. The average molecular weight is 638 g/mol. The Bertz CT molecular complexity index is 2900. The maximum Gasteiger partial charge on any atom is 0.136 e. The molecule has 0 saturated heterocycles. The third-order valence-electron chi connectivity index (χ3n) is 9.98. The summed E-state index contributed by atoms with van der Waals surface area (Å²) in [7, 11) is 0. The zero-order valence-corrected chi connectivity index (χ0v) is 27.3. The quantitative estimate of drug-likeness (QED) is 0.187. The van der Waals surface area contributed by atoms with Crippen LogP contribution in [0.4, 0.5) is 17.1 Å². The van der Waals surface area contributed by atoms with Crippen LogP contribution in [0.2, 0.25) is 0 Å². The van der Waals surface area contributed by atoms with E-state index in [0.717, 1.165) is 50.1 Å². The molecule has 0 bridgehead atoms. The van der Waals surface area contributed by atoms with Crippen molar-refractivity contribution in [3.63, 3.8) is 0 Å². The molecule has 10 rings (SSSR count). The molecule has 9 aromatic carbocycles. The van der Waals surface area contributed by atoms with E-state index in [1.165, 1.54) is 43.4 Å². The number of anilines is 3. The van der Waals surface area contributed by atoms with E-state index in [9.17, 15) is 0 Å². The third-order valence-corrected chi connectivity index (χ3v) is 9.98. The minimum absolute atomic E-state index is 0.887. The van der Waals surface area contributed by atoms with Crippen molar-refractivity contribution < 1.29 is 4.42 Å². The lowest BCUT2D eigenvalue weighted by Crippen LogP contribution is -2.11. The molecule has 0 aliphatic rings. The van der Waals surface area contributed by atoms with Crippen LogP contribution in [0.25, 0.3) is 76.5 Å². The summed E-state index contributed by atoms with van der Waals surface area (Å²) >= 11 is 0. The van der Waals surface area contributed by atoms with Gasteiger partial charge in [-0.05, 0) is 104 Å². The summed E-state index contributed by atoms with van der Waals surface area (Å²) in [5.74, 6) is 0. The summed E-state index contributed by atoms with van der Waals surface area (Å²) in [6, 6.07) is 67.7. The first kappa shape index (κ1) is 28.4. The van der Waals surface area contributed by atoms with Gasteiger partial charge in [-0.25, -0.2) is 0 Å². The van der Waals surface area contributed by atoms with Gasteiger partial charge in [0.1, 0.15) is 11.2 Å². The number of furan rings is 1. The van der Waals surface area contributed by atoms with Crippen LogP contribution < -0.4 is 4.90 Å². The van der Waals surface area contributed by atoms with Gasteiger partial charge in [0, 0.05) is 27.7 Å². The molecule has 0 unspecified atom stereocenters. The highest BCUT2D eigenvalue weighted by Gasteiger charge is 2.21. The Labute approximate surface area is 290 Å². The largest absolute Gasteiger partial charge is 0.456 e. The summed E-state index contributed by atoms with van der Waals surface area (Å²) < 4.78 is 6.52. The fourth-order valence-electron chi connectivity index (χ4n) is 7.57. The summed E-state index contributed by atoms with van der Waals surface area (Å²) in [5.41, 5.74) is 9.72. The van der Waals surface area contributed by atoms with Crippen LogP contribution in [-0.2, 0) is 0 Å². The van der Waals surface area contributed by atoms with Crippen LogP contribution in [0.3, 0.4) is 0 Å². The van der Waals surface area contributed by atoms with Gasteiger partial charge < -0.3 is 9.32 Å². The number of para-hydroxylation sites is 1. The molecule has 10 aromatic rings. The number of hydrogen-bond donors (Lipinski definition) is 0. The minimum Gasteiger partial charge on any atom is -0.456 e.